The lowest BCUT2D eigenvalue weighted by molar-refractivity contribution is -0.157. The van der Waals surface area contributed by atoms with Gasteiger partial charge >= 0.3 is 5.97 Å². The van der Waals surface area contributed by atoms with E-state index in [1.54, 1.807) is 18.2 Å². The standard InChI is InChI=1S/C39H50FNO5/c1-7-26-30(40)12-9-22-16-25(19-27(20(2)3)33(22)26)46-32(44)13-8-21(4)28-10-11-29-34-31(43)18-23-17-24(42)14-15-38(23,5)35(34)36(41)37(45)39(28,29)6/h1,9,12,16,19-21,23-24,28-29,31,34-35,37,41-43,45H,8,10-11,13-15,17-18H2,2-6H3/t21-,23+,24-,28-,29+,31-,34-,35?,37+,38+,39-/m1/s1. The van der Waals surface area contributed by atoms with Crippen LogP contribution < -0.4 is 4.74 Å². The first kappa shape index (κ1) is 33.1. The summed E-state index contributed by atoms with van der Waals surface area (Å²) >= 11 is 0. The van der Waals surface area contributed by atoms with Crippen LogP contribution in [0.25, 0.3) is 10.8 Å². The normalized spacial score (nSPS) is 37.7. The van der Waals surface area contributed by atoms with Gasteiger partial charge in [-0.05, 0) is 115 Å². The summed E-state index contributed by atoms with van der Waals surface area (Å²) < 4.78 is 20.3. The van der Waals surface area contributed by atoms with Gasteiger partial charge < -0.3 is 25.5 Å². The van der Waals surface area contributed by atoms with E-state index >= 15 is 0 Å². The fourth-order valence-electron chi connectivity index (χ4n) is 10.8. The van der Waals surface area contributed by atoms with Crippen LogP contribution in [0.4, 0.5) is 4.39 Å². The number of carbonyl (C=O) groups is 1. The smallest absolute Gasteiger partial charge is 0.311 e. The van der Waals surface area contributed by atoms with Crippen molar-refractivity contribution in [3.05, 3.63) is 41.2 Å². The average molecular weight is 632 g/mol. The number of rotatable bonds is 6. The average Bonchev–Trinajstić information content (AvgIpc) is 3.36. The molecule has 248 valence electrons. The first-order valence-electron chi connectivity index (χ1n) is 17.3. The number of nitrogens with one attached hydrogen (secondary N) is 1. The van der Waals surface area contributed by atoms with Gasteiger partial charge in [-0.25, -0.2) is 4.39 Å². The summed E-state index contributed by atoms with van der Waals surface area (Å²) in [6.07, 6.45) is 9.19. The molecule has 0 aliphatic heterocycles. The molecule has 1 unspecified atom stereocenters. The van der Waals surface area contributed by atoms with Crippen LogP contribution in [0.3, 0.4) is 0 Å². The lowest BCUT2D eigenvalue weighted by Crippen LogP contribution is -2.66. The Morgan fingerprint density at radius 2 is 1.87 bits per heavy atom. The fraction of sp³-hybridized carbons (Fsp3) is 0.641. The number of halogens is 1. The van der Waals surface area contributed by atoms with Crippen molar-refractivity contribution >= 4 is 22.5 Å². The van der Waals surface area contributed by atoms with Crippen molar-refractivity contribution in [1.29, 1.82) is 5.41 Å². The topological polar surface area (TPSA) is 111 Å². The molecule has 4 fully saturated rings. The molecule has 0 bridgehead atoms. The summed E-state index contributed by atoms with van der Waals surface area (Å²) in [5, 5.41) is 44.6. The molecule has 7 heteroatoms. The Kier molecular flexibility index (Phi) is 8.66. The van der Waals surface area contributed by atoms with Crippen LogP contribution in [-0.4, -0.2) is 45.3 Å². The molecular weight excluding hydrogens is 581 g/mol. The highest BCUT2D eigenvalue weighted by molar-refractivity contribution is 5.93. The molecular formula is C39H50FNO5. The van der Waals surface area contributed by atoms with E-state index in [-0.39, 0.29) is 70.9 Å². The van der Waals surface area contributed by atoms with Crippen LogP contribution in [0.5, 0.6) is 5.75 Å². The molecule has 2 aromatic carbocycles. The zero-order valence-electron chi connectivity index (χ0n) is 27.9. The summed E-state index contributed by atoms with van der Waals surface area (Å²) in [6, 6.07) is 6.52. The minimum absolute atomic E-state index is 0.0345. The number of terminal acetylenes is 1. The summed E-state index contributed by atoms with van der Waals surface area (Å²) in [5.74, 6) is 2.29. The molecule has 6 nitrogen and oxygen atoms in total. The Morgan fingerprint density at radius 1 is 1.13 bits per heavy atom. The minimum atomic E-state index is -0.903. The monoisotopic (exact) mass is 631 g/mol. The van der Waals surface area contributed by atoms with Crippen molar-refractivity contribution in [3.8, 4) is 18.1 Å². The maximum Gasteiger partial charge on any atom is 0.311 e. The number of aliphatic hydroxyl groups excluding tert-OH is 3. The number of benzene rings is 2. The van der Waals surface area contributed by atoms with E-state index in [1.807, 2.05) is 13.8 Å². The molecule has 0 aromatic heterocycles. The second kappa shape index (κ2) is 12.0. The van der Waals surface area contributed by atoms with E-state index < -0.39 is 23.4 Å². The molecule has 0 heterocycles. The van der Waals surface area contributed by atoms with Crippen LogP contribution >= 0.6 is 0 Å². The molecule has 4 aliphatic carbocycles. The van der Waals surface area contributed by atoms with Gasteiger partial charge in [0.15, 0.2) is 0 Å². The second-order valence-corrected chi connectivity index (χ2v) is 15.8. The number of aliphatic hydroxyl groups is 3. The Morgan fingerprint density at radius 3 is 2.57 bits per heavy atom. The molecule has 0 amide bonds. The van der Waals surface area contributed by atoms with Crippen LogP contribution in [-0.2, 0) is 4.79 Å². The zero-order chi connectivity index (χ0) is 33.3. The first-order valence-corrected chi connectivity index (χ1v) is 17.3. The van der Waals surface area contributed by atoms with Crippen molar-refractivity contribution in [2.24, 2.45) is 46.3 Å². The van der Waals surface area contributed by atoms with E-state index in [2.05, 4.69) is 26.7 Å². The number of hydrogen-bond acceptors (Lipinski definition) is 6. The van der Waals surface area contributed by atoms with Crippen molar-refractivity contribution in [1.82, 2.24) is 0 Å². The van der Waals surface area contributed by atoms with Crippen LogP contribution in [0.15, 0.2) is 24.3 Å². The Labute approximate surface area is 272 Å². The summed E-state index contributed by atoms with van der Waals surface area (Å²) in [6.45, 7) is 10.5. The van der Waals surface area contributed by atoms with Gasteiger partial charge in [-0.1, -0.05) is 46.6 Å². The Hall–Kier alpha value is -2.79. The molecule has 46 heavy (non-hydrogen) atoms. The largest absolute Gasteiger partial charge is 0.426 e. The maximum absolute atomic E-state index is 14.5. The highest BCUT2D eigenvalue weighted by Crippen LogP contribution is 2.67. The number of ether oxygens (including phenoxy) is 1. The van der Waals surface area contributed by atoms with E-state index in [1.165, 1.54) is 6.07 Å². The minimum Gasteiger partial charge on any atom is -0.426 e. The summed E-state index contributed by atoms with van der Waals surface area (Å²) in [7, 11) is 0. The SMILES string of the molecule is C#Cc1c(F)ccc2cc(OC(=O)CC[C@@H](C)[C@H]3CC[C@H]4[C@H]5C(C(=N)[C@H](O)[C@]34C)[C@@]3(C)CC[C@@H](O)C[C@H]3C[C@H]5O)cc(C(C)C)c12. The quantitative estimate of drug-likeness (QED) is 0.156. The molecule has 0 radical (unpaired) electrons. The lowest BCUT2D eigenvalue weighted by atomic mass is 9.42. The van der Waals surface area contributed by atoms with Crippen LogP contribution in [0, 0.1) is 69.9 Å². The molecule has 6 rings (SSSR count). The van der Waals surface area contributed by atoms with E-state index in [9.17, 15) is 29.9 Å². The molecule has 4 N–H and O–H groups in total. The van der Waals surface area contributed by atoms with E-state index in [0.29, 0.717) is 42.5 Å². The van der Waals surface area contributed by atoms with Gasteiger partial charge in [-0.3, -0.25) is 4.79 Å². The predicted octanol–water partition coefficient (Wildman–Crippen LogP) is 7.00. The van der Waals surface area contributed by atoms with Crippen molar-refractivity contribution in [2.75, 3.05) is 0 Å². The van der Waals surface area contributed by atoms with Gasteiger partial charge in [0.25, 0.3) is 0 Å². The Balaban J connectivity index is 1.17. The number of fused-ring (bicyclic) bond motifs is 6. The first-order chi connectivity index (χ1) is 21.7. The van der Waals surface area contributed by atoms with Gasteiger partial charge in [0.2, 0.25) is 0 Å². The van der Waals surface area contributed by atoms with Crippen LogP contribution in [0.1, 0.15) is 103 Å². The van der Waals surface area contributed by atoms with Crippen molar-refractivity contribution in [3.63, 3.8) is 0 Å². The van der Waals surface area contributed by atoms with E-state index in [4.69, 9.17) is 11.2 Å². The van der Waals surface area contributed by atoms with Gasteiger partial charge in [-0.15, -0.1) is 6.42 Å². The Bertz CT molecular complexity index is 1580. The van der Waals surface area contributed by atoms with Gasteiger partial charge in [0.05, 0.1) is 23.9 Å². The lowest BCUT2D eigenvalue weighted by Gasteiger charge is -2.63. The highest BCUT2D eigenvalue weighted by Gasteiger charge is 2.67. The summed E-state index contributed by atoms with van der Waals surface area (Å²) in [5.41, 5.74) is 0.634. The fourth-order valence-corrected chi connectivity index (χ4v) is 10.8. The molecule has 4 saturated carbocycles. The molecule has 4 aliphatic rings. The second-order valence-electron chi connectivity index (χ2n) is 15.8. The predicted molar refractivity (Wildman–Crippen MR) is 177 cm³/mol. The maximum atomic E-state index is 14.5. The molecule has 11 atom stereocenters. The third-order valence-corrected chi connectivity index (χ3v) is 13.2. The van der Waals surface area contributed by atoms with Gasteiger partial charge in [0.1, 0.15) is 11.6 Å². The van der Waals surface area contributed by atoms with Crippen LogP contribution in [0.2, 0.25) is 0 Å². The molecule has 0 saturated heterocycles. The van der Waals surface area contributed by atoms with Crippen molar-refractivity contribution in [2.45, 2.75) is 110 Å². The summed E-state index contributed by atoms with van der Waals surface area (Å²) in [4.78, 5) is 13.2. The highest BCUT2D eigenvalue weighted by atomic mass is 19.1. The molecule has 0 spiro atoms. The van der Waals surface area contributed by atoms with Gasteiger partial charge in [0, 0.05) is 28.9 Å². The van der Waals surface area contributed by atoms with E-state index in [0.717, 1.165) is 30.2 Å². The van der Waals surface area contributed by atoms with Crippen molar-refractivity contribution < 1.29 is 29.2 Å². The number of esters is 1. The third-order valence-electron chi connectivity index (χ3n) is 13.2. The van der Waals surface area contributed by atoms with Gasteiger partial charge in [-0.2, -0.15) is 0 Å². The zero-order valence-corrected chi connectivity index (χ0v) is 27.9. The number of carbonyl (C=O) groups excluding carboxylic acids is 1. The number of hydrogen-bond donors (Lipinski definition) is 4. The third kappa shape index (κ3) is 5.11. The molecule has 2 aromatic rings.